The van der Waals surface area contributed by atoms with Crippen LogP contribution in [0.1, 0.15) is 62.4 Å². The number of guanidine groups is 1. The van der Waals surface area contributed by atoms with Gasteiger partial charge in [-0.1, -0.05) is 49.8 Å². The third-order valence-electron chi connectivity index (χ3n) is 6.87. The molecule has 36 heavy (non-hydrogen) atoms. The fourth-order valence-electron chi connectivity index (χ4n) is 4.52. The molecule has 0 bridgehead atoms. The molecule has 194 valence electrons. The predicted molar refractivity (Wildman–Crippen MR) is 156 cm³/mol. The Labute approximate surface area is 217 Å². The van der Waals surface area contributed by atoms with Gasteiger partial charge >= 0.3 is 0 Å². The Kier molecular flexibility index (Phi) is 10.6. The van der Waals surface area contributed by atoms with Crippen molar-refractivity contribution in [1.82, 2.24) is 14.8 Å². The zero-order chi connectivity index (χ0) is 25.9. The molecule has 0 aliphatic carbocycles. The van der Waals surface area contributed by atoms with Gasteiger partial charge in [0, 0.05) is 30.7 Å². The SMILES string of the molecule is C=C/C(=N\C(=N/CN1CCCCC1)N(C)C(C)Cc1c[nH]c(CC)c1/C=C\C)Nc1ccc(C)cc1. The number of piperidine rings is 1. The smallest absolute Gasteiger partial charge is 0.223 e. The van der Waals surface area contributed by atoms with E-state index in [1.165, 1.54) is 41.6 Å². The monoisotopic (exact) mass is 488 g/mol. The van der Waals surface area contributed by atoms with E-state index in [1.807, 2.05) is 0 Å². The topological polar surface area (TPSA) is 59.0 Å². The molecule has 6 heteroatoms. The summed E-state index contributed by atoms with van der Waals surface area (Å²) < 4.78 is 0. The number of anilines is 1. The first kappa shape index (κ1) is 27.5. The van der Waals surface area contributed by atoms with Gasteiger partial charge in [-0.3, -0.25) is 4.90 Å². The largest absolute Gasteiger partial charge is 0.364 e. The van der Waals surface area contributed by atoms with Gasteiger partial charge in [-0.15, -0.1) is 0 Å². The molecule has 3 rings (SSSR count). The van der Waals surface area contributed by atoms with Crippen LogP contribution in [0.4, 0.5) is 5.69 Å². The van der Waals surface area contributed by atoms with E-state index in [9.17, 15) is 0 Å². The van der Waals surface area contributed by atoms with E-state index in [4.69, 9.17) is 9.98 Å². The maximum absolute atomic E-state index is 5.01. The Balaban J connectivity index is 1.84. The molecule has 1 unspecified atom stereocenters. The van der Waals surface area contributed by atoms with Gasteiger partial charge in [0.05, 0.1) is 6.67 Å². The highest BCUT2D eigenvalue weighted by molar-refractivity contribution is 6.09. The standard InChI is InChI=1S/C30H44N6/c1-7-13-27-25(21-31-28(27)8-2)20-24(5)35(6)30(32-22-36-18-11-10-12-19-36)34-29(9-3)33-26-16-14-23(4)15-17-26/h7,9,13-17,21,24,31H,3,8,10-12,18-20,22H2,1-2,4-6H3,(H,32,33,34)/b13-7-. The van der Waals surface area contributed by atoms with Crippen LogP contribution >= 0.6 is 0 Å². The van der Waals surface area contributed by atoms with Crippen LogP contribution in [0.25, 0.3) is 6.08 Å². The fourth-order valence-corrected chi connectivity index (χ4v) is 4.52. The Morgan fingerprint density at radius 1 is 1.22 bits per heavy atom. The number of rotatable bonds is 9. The third-order valence-corrected chi connectivity index (χ3v) is 6.87. The van der Waals surface area contributed by atoms with Crippen molar-refractivity contribution < 1.29 is 0 Å². The number of aryl methyl sites for hydroxylation is 2. The van der Waals surface area contributed by atoms with Crippen LogP contribution in [0, 0.1) is 6.92 Å². The summed E-state index contributed by atoms with van der Waals surface area (Å²) in [5.41, 5.74) is 6.13. The number of benzene rings is 1. The molecule has 1 saturated heterocycles. The highest BCUT2D eigenvalue weighted by atomic mass is 15.3. The zero-order valence-corrected chi connectivity index (χ0v) is 22.8. The number of likely N-dealkylation sites (N-methyl/N-ethyl adjacent to an activating group) is 1. The van der Waals surface area contributed by atoms with Crippen molar-refractivity contribution in [2.75, 3.05) is 32.1 Å². The van der Waals surface area contributed by atoms with Crippen LogP contribution in [0.5, 0.6) is 0 Å². The molecular formula is C30H44N6. The quantitative estimate of drug-likeness (QED) is 0.323. The molecule has 0 saturated carbocycles. The molecule has 1 aromatic carbocycles. The van der Waals surface area contributed by atoms with Crippen LogP contribution in [0.3, 0.4) is 0 Å². The number of H-pyrrole nitrogens is 1. The van der Waals surface area contributed by atoms with Gasteiger partial charge in [-0.05, 0) is 88.9 Å². The van der Waals surface area contributed by atoms with Crippen molar-refractivity contribution >= 4 is 23.6 Å². The predicted octanol–water partition coefficient (Wildman–Crippen LogP) is 6.28. The number of hydrogen-bond acceptors (Lipinski definition) is 2. The third kappa shape index (κ3) is 7.69. The first-order valence-corrected chi connectivity index (χ1v) is 13.3. The van der Waals surface area contributed by atoms with E-state index >= 15 is 0 Å². The molecule has 2 N–H and O–H groups in total. The molecule has 0 spiro atoms. The lowest BCUT2D eigenvalue weighted by molar-refractivity contribution is 0.234. The molecule has 1 atom stereocenters. The van der Waals surface area contributed by atoms with Gasteiger partial charge in [-0.2, -0.15) is 4.99 Å². The van der Waals surface area contributed by atoms with E-state index in [0.717, 1.165) is 37.6 Å². The maximum Gasteiger partial charge on any atom is 0.223 e. The highest BCUT2D eigenvalue weighted by Gasteiger charge is 2.19. The second-order valence-electron chi connectivity index (χ2n) is 9.69. The van der Waals surface area contributed by atoms with E-state index in [0.29, 0.717) is 12.5 Å². The summed E-state index contributed by atoms with van der Waals surface area (Å²) in [6.45, 7) is 15.5. The molecule has 2 aromatic rings. The van der Waals surface area contributed by atoms with Gasteiger partial charge in [0.1, 0.15) is 5.84 Å². The maximum atomic E-state index is 5.01. The van der Waals surface area contributed by atoms with Gasteiger partial charge in [0.25, 0.3) is 0 Å². The minimum atomic E-state index is 0.212. The molecule has 0 radical (unpaired) electrons. The second kappa shape index (κ2) is 13.8. The van der Waals surface area contributed by atoms with E-state index in [-0.39, 0.29) is 6.04 Å². The van der Waals surface area contributed by atoms with E-state index < -0.39 is 0 Å². The first-order chi connectivity index (χ1) is 17.4. The van der Waals surface area contributed by atoms with Crippen molar-refractivity contribution in [3.8, 4) is 0 Å². The van der Waals surface area contributed by atoms with Crippen molar-refractivity contribution in [3.05, 3.63) is 71.6 Å². The number of allylic oxidation sites excluding steroid dienone is 1. The van der Waals surface area contributed by atoms with Crippen molar-refractivity contribution in [3.63, 3.8) is 0 Å². The fraction of sp³-hybridized carbons (Fsp3) is 0.467. The Hall–Kier alpha value is -3.12. The number of hydrogen-bond donors (Lipinski definition) is 2. The second-order valence-corrected chi connectivity index (χ2v) is 9.69. The van der Waals surface area contributed by atoms with Gasteiger partial charge in [-0.25, -0.2) is 4.99 Å². The summed E-state index contributed by atoms with van der Waals surface area (Å²) in [6.07, 6.45) is 13.9. The molecular weight excluding hydrogens is 444 g/mol. The van der Waals surface area contributed by atoms with Crippen LogP contribution in [-0.2, 0) is 12.8 Å². The van der Waals surface area contributed by atoms with Crippen LogP contribution in [-0.4, -0.2) is 59.4 Å². The highest BCUT2D eigenvalue weighted by Crippen LogP contribution is 2.20. The molecule has 1 aliphatic rings. The number of amidine groups is 1. The summed E-state index contributed by atoms with van der Waals surface area (Å²) >= 11 is 0. The van der Waals surface area contributed by atoms with Gasteiger partial charge < -0.3 is 15.2 Å². The Morgan fingerprint density at radius 3 is 2.58 bits per heavy atom. The number of aliphatic imine (C=N–C) groups is 2. The van der Waals surface area contributed by atoms with Crippen molar-refractivity contribution in [1.29, 1.82) is 0 Å². The normalized spacial score (nSPS) is 16.4. The Bertz CT molecular complexity index is 1050. The molecule has 1 aliphatic heterocycles. The number of nitrogens with zero attached hydrogens (tertiary/aromatic N) is 4. The number of aromatic amines is 1. The molecule has 0 amide bonds. The number of nitrogens with one attached hydrogen (secondary N) is 2. The van der Waals surface area contributed by atoms with Crippen molar-refractivity contribution in [2.24, 2.45) is 9.98 Å². The Morgan fingerprint density at radius 2 is 1.94 bits per heavy atom. The van der Waals surface area contributed by atoms with E-state index in [2.05, 4.69) is 104 Å². The number of aromatic nitrogens is 1. The summed E-state index contributed by atoms with van der Waals surface area (Å²) in [5, 5.41) is 3.40. The first-order valence-electron chi connectivity index (χ1n) is 13.3. The summed E-state index contributed by atoms with van der Waals surface area (Å²) in [6, 6.07) is 8.51. The zero-order valence-electron chi connectivity index (χ0n) is 22.8. The lowest BCUT2D eigenvalue weighted by Crippen LogP contribution is -2.38. The summed E-state index contributed by atoms with van der Waals surface area (Å²) in [7, 11) is 2.10. The lowest BCUT2D eigenvalue weighted by Gasteiger charge is -2.28. The average molecular weight is 489 g/mol. The number of likely N-dealkylation sites (tertiary alicyclic amines) is 1. The summed E-state index contributed by atoms with van der Waals surface area (Å²) in [4.78, 5) is 18.0. The molecule has 1 aromatic heterocycles. The van der Waals surface area contributed by atoms with Crippen molar-refractivity contribution in [2.45, 2.75) is 65.8 Å². The van der Waals surface area contributed by atoms with Crippen LogP contribution in [0.15, 0.2) is 59.2 Å². The molecule has 2 heterocycles. The lowest BCUT2D eigenvalue weighted by atomic mass is 10.0. The minimum Gasteiger partial charge on any atom is -0.364 e. The molecule has 6 nitrogen and oxygen atoms in total. The van der Waals surface area contributed by atoms with Crippen LogP contribution in [0.2, 0.25) is 0 Å². The average Bonchev–Trinajstić information content (AvgIpc) is 3.28. The van der Waals surface area contributed by atoms with Crippen LogP contribution < -0.4 is 5.32 Å². The summed E-state index contributed by atoms with van der Waals surface area (Å²) in [5.74, 6) is 1.42. The molecule has 1 fully saturated rings. The van der Waals surface area contributed by atoms with Gasteiger partial charge in [0.15, 0.2) is 0 Å². The minimum absolute atomic E-state index is 0.212. The van der Waals surface area contributed by atoms with E-state index in [1.54, 1.807) is 6.08 Å². The van der Waals surface area contributed by atoms with Gasteiger partial charge in [0.2, 0.25) is 5.96 Å².